The second-order valence-corrected chi connectivity index (χ2v) is 4.31. The Labute approximate surface area is 115 Å². The van der Waals surface area contributed by atoms with Gasteiger partial charge in [-0.05, 0) is 19.4 Å². The predicted molar refractivity (Wildman–Crippen MR) is 74.9 cm³/mol. The van der Waals surface area contributed by atoms with E-state index in [0.29, 0.717) is 13.2 Å². The maximum Gasteiger partial charge on any atom is 0.157 e. The smallest absolute Gasteiger partial charge is 0.157 e. The molecule has 0 saturated heterocycles. The normalized spacial score (nSPS) is 12.6. The van der Waals surface area contributed by atoms with Gasteiger partial charge in [0.2, 0.25) is 0 Å². The number of nitrogens with zero attached hydrogens (tertiary/aromatic N) is 2. The maximum atomic E-state index is 5.70. The quantitative estimate of drug-likeness (QED) is 0.658. The van der Waals surface area contributed by atoms with Crippen molar-refractivity contribution in [1.29, 1.82) is 0 Å². The molecule has 0 amide bonds. The third-order valence-electron chi connectivity index (χ3n) is 2.73. The van der Waals surface area contributed by atoms with Crippen LogP contribution in [0.1, 0.15) is 44.3 Å². The van der Waals surface area contributed by atoms with E-state index in [9.17, 15) is 0 Å². The van der Waals surface area contributed by atoms with Crippen LogP contribution in [0.2, 0.25) is 0 Å². The summed E-state index contributed by atoms with van der Waals surface area (Å²) in [5.41, 5.74) is 0.988. The van der Waals surface area contributed by atoms with Gasteiger partial charge in [0.1, 0.15) is 6.10 Å². The number of ether oxygens (including phenoxy) is 2. The van der Waals surface area contributed by atoms with Gasteiger partial charge < -0.3 is 14.8 Å². The zero-order valence-corrected chi connectivity index (χ0v) is 12.2. The van der Waals surface area contributed by atoms with E-state index in [1.807, 2.05) is 13.0 Å². The van der Waals surface area contributed by atoms with Crippen molar-refractivity contribution in [3.8, 4) is 0 Å². The van der Waals surface area contributed by atoms with Gasteiger partial charge in [-0.1, -0.05) is 13.3 Å². The summed E-state index contributed by atoms with van der Waals surface area (Å²) in [7, 11) is 1.70. The summed E-state index contributed by atoms with van der Waals surface area (Å²) in [5.74, 6) is 0.787. The molecule has 1 heterocycles. The van der Waals surface area contributed by atoms with Crippen molar-refractivity contribution in [3.63, 3.8) is 0 Å². The minimum atomic E-state index is 0.00826. The minimum Gasteiger partial charge on any atom is -0.383 e. The van der Waals surface area contributed by atoms with Crippen LogP contribution in [0.25, 0.3) is 0 Å². The van der Waals surface area contributed by atoms with Crippen LogP contribution in [0.3, 0.4) is 0 Å². The van der Waals surface area contributed by atoms with Gasteiger partial charge in [-0.15, -0.1) is 0 Å². The van der Waals surface area contributed by atoms with Crippen LogP contribution >= 0.6 is 0 Å². The van der Waals surface area contributed by atoms with Gasteiger partial charge in [-0.25, -0.2) is 9.97 Å². The highest BCUT2D eigenvalue weighted by atomic mass is 16.5. The van der Waals surface area contributed by atoms with Crippen LogP contribution in [0.4, 0.5) is 0 Å². The van der Waals surface area contributed by atoms with E-state index in [4.69, 9.17) is 9.47 Å². The summed E-state index contributed by atoms with van der Waals surface area (Å²) in [6, 6.07) is 1.93. The highest BCUT2D eigenvalue weighted by molar-refractivity contribution is 5.04. The van der Waals surface area contributed by atoms with Crippen molar-refractivity contribution >= 4 is 0 Å². The summed E-state index contributed by atoms with van der Waals surface area (Å²) < 4.78 is 10.7. The van der Waals surface area contributed by atoms with Gasteiger partial charge in [0, 0.05) is 33.0 Å². The molecule has 0 aliphatic rings. The number of hydrogen-bond acceptors (Lipinski definition) is 5. The van der Waals surface area contributed by atoms with E-state index in [0.717, 1.165) is 37.4 Å². The second-order valence-electron chi connectivity index (χ2n) is 4.31. The van der Waals surface area contributed by atoms with E-state index in [1.54, 1.807) is 13.3 Å². The van der Waals surface area contributed by atoms with Gasteiger partial charge >= 0.3 is 0 Å². The van der Waals surface area contributed by atoms with Crippen LogP contribution in [-0.2, 0) is 16.0 Å². The van der Waals surface area contributed by atoms with Crippen LogP contribution in [-0.4, -0.2) is 36.8 Å². The van der Waals surface area contributed by atoms with Crippen LogP contribution in [0, 0.1) is 0 Å². The lowest BCUT2D eigenvalue weighted by Crippen LogP contribution is -2.20. The van der Waals surface area contributed by atoms with E-state index in [2.05, 4.69) is 22.2 Å². The van der Waals surface area contributed by atoms with E-state index in [-0.39, 0.29) is 6.10 Å². The minimum absolute atomic E-state index is 0.00826. The topological polar surface area (TPSA) is 56.3 Å². The Bertz CT molecular complexity index is 341. The fraction of sp³-hybridized carbons (Fsp3) is 0.714. The van der Waals surface area contributed by atoms with Gasteiger partial charge in [-0.3, -0.25) is 0 Å². The Morgan fingerprint density at radius 2 is 2.21 bits per heavy atom. The number of rotatable bonds is 10. The SMILES string of the molecule is CCCC(OCC)c1nccc(CNCCOC)n1. The Hall–Kier alpha value is -1.04. The molecule has 1 aromatic heterocycles. The summed E-state index contributed by atoms with van der Waals surface area (Å²) in [6.45, 7) is 7.07. The Kier molecular flexibility index (Phi) is 8.29. The van der Waals surface area contributed by atoms with E-state index < -0.39 is 0 Å². The molecular weight excluding hydrogens is 242 g/mol. The van der Waals surface area contributed by atoms with Crippen LogP contribution in [0.5, 0.6) is 0 Å². The number of hydrogen-bond donors (Lipinski definition) is 1. The lowest BCUT2D eigenvalue weighted by molar-refractivity contribution is 0.0492. The molecule has 0 saturated carbocycles. The van der Waals surface area contributed by atoms with Gasteiger partial charge in [-0.2, -0.15) is 0 Å². The van der Waals surface area contributed by atoms with Gasteiger partial charge in [0.25, 0.3) is 0 Å². The standard InChI is InChI=1S/C14H25N3O2/c1-4-6-13(19-5-2)14-16-8-7-12(17-14)11-15-9-10-18-3/h7-8,13,15H,4-6,9-11H2,1-3H3. The molecule has 1 N–H and O–H groups in total. The lowest BCUT2D eigenvalue weighted by Gasteiger charge is -2.15. The van der Waals surface area contributed by atoms with Crippen LogP contribution in [0.15, 0.2) is 12.3 Å². The molecule has 5 nitrogen and oxygen atoms in total. The predicted octanol–water partition coefficient (Wildman–Crippen LogP) is 2.09. The average molecular weight is 267 g/mol. The third kappa shape index (κ3) is 6.09. The molecular formula is C14H25N3O2. The van der Waals surface area contributed by atoms with E-state index in [1.165, 1.54) is 0 Å². The van der Waals surface area contributed by atoms with Crippen molar-refractivity contribution in [2.24, 2.45) is 0 Å². The average Bonchev–Trinajstić information content (AvgIpc) is 2.44. The Balaban J connectivity index is 2.58. The lowest BCUT2D eigenvalue weighted by atomic mass is 10.2. The van der Waals surface area contributed by atoms with Crippen LogP contribution < -0.4 is 5.32 Å². The molecule has 0 radical (unpaired) electrons. The summed E-state index contributed by atoms with van der Waals surface area (Å²) in [4.78, 5) is 8.90. The molecule has 19 heavy (non-hydrogen) atoms. The third-order valence-corrected chi connectivity index (χ3v) is 2.73. The highest BCUT2D eigenvalue weighted by Crippen LogP contribution is 2.19. The summed E-state index contributed by atoms with van der Waals surface area (Å²) in [5, 5.41) is 3.28. The molecule has 0 fully saturated rings. The highest BCUT2D eigenvalue weighted by Gasteiger charge is 2.13. The Morgan fingerprint density at radius 1 is 1.37 bits per heavy atom. The summed E-state index contributed by atoms with van der Waals surface area (Å²) in [6.07, 6.45) is 3.82. The van der Waals surface area contributed by atoms with Gasteiger partial charge in [0.15, 0.2) is 5.82 Å². The fourth-order valence-corrected chi connectivity index (χ4v) is 1.81. The van der Waals surface area contributed by atoms with Crippen molar-refractivity contribution in [1.82, 2.24) is 15.3 Å². The molecule has 108 valence electrons. The fourth-order valence-electron chi connectivity index (χ4n) is 1.81. The number of aromatic nitrogens is 2. The molecule has 0 aliphatic heterocycles. The zero-order valence-electron chi connectivity index (χ0n) is 12.2. The number of nitrogens with one attached hydrogen (secondary N) is 1. The zero-order chi connectivity index (χ0) is 13.9. The van der Waals surface area contributed by atoms with Gasteiger partial charge in [0.05, 0.1) is 12.3 Å². The number of methoxy groups -OCH3 is 1. The maximum absolute atomic E-state index is 5.70. The monoisotopic (exact) mass is 267 g/mol. The second kappa shape index (κ2) is 9.83. The van der Waals surface area contributed by atoms with Crippen molar-refractivity contribution < 1.29 is 9.47 Å². The molecule has 0 bridgehead atoms. The van der Waals surface area contributed by atoms with Crippen molar-refractivity contribution in [2.45, 2.75) is 39.3 Å². The first-order chi connectivity index (χ1) is 9.31. The molecule has 1 atom stereocenters. The molecule has 0 spiro atoms. The molecule has 1 unspecified atom stereocenters. The van der Waals surface area contributed by atoms with Crippen molar-refractivity contribution in [3.05, 3.63) is 23.8 Å². The van der Waals surface area contributed by atoms with E-state index >= 15 is 0 Å². The first-order valence-corrected chi connectivity index (χ1v) is 6.94. The van der Waals surface area contributed by atoms with Crippen molar-refractivity contribution in [2.75, 3.05) is 26.9 Å². The molecule has 0 aliphatic carbocycles. The molecule has 0 aromatic carbocycles. The first-order valence-electron chi connectivity index (χ1n) is 6.94. The molecule has 1 rings (SSSR count). The molecule has 1 aromatic rings. The largest absolute Gasteiger partial charge is 0.383 e. The first kappa shape index (κ1) is 16.0. The Morgan fingerprint density at radius 3 is 2.89 bits per heavy atom. The summed E-state index contributed by atoms with van der Waals surface area (Å²) >= 11 is 0. The molecule has 5 heteroatoms.